The lowest BCUT2D eigenvalue weighted by molar-refractivity contribution is -0.137. The number of rotatable bonds is 8. The zero-order valence-electron chi connectivity index (χ0n) is 17.4. The summed E-state index contributed by atoms with van der Waals surface area (Å²) < 4.78 is 18.2. The minimum atomic E-state index is -1.14. The van der Waals surface area contributed by atoms with Crippen molar-refractivity contribution in [2.75, 3.05) is 18.6 Å². The van der Waals surface area contributed by atoms with Gasteiger partial charge in [-0.3, -0.25) is 9.59 Å². The van der Waals surface area contributed by atoms with Crippen LogP contribution in [0.3, 0.4) is 0 Å². The van der Waals surface area contributed by atoms with Crippen LogP contribution in [0.15, 0.2) is 59.6 Å². The summed E-state index contributed by atoms with van der Waals surface area (Å²) in [5, 5.41) is 0.242. The zero-order chi connectivity index (χ0) is 22.6. The molecule has 7 heteroatoms. The standard InChI is InChI=1S/C24H23ClFNO4/c1-3-31-22(29)14-17(25)12-13-24(15-21(28)16-8-10-18(26)11-9-16)19-6-4-5-7-20(19)27(2)23(24)30/h4-11,14H,3,12-13,15H2,1-2H3/b17-14+. The number of ether oxygens (including phenoxy) is 1. The number of allylic oxidation sites excluding steroid dienone is 1. The fraction of sp³-hybridized carbons (Fsp3) is 0.292. The lowest BCUT2D eigenvalue weighted by Crippen LogP contribution is -2.40. The third kappa shape index (κ3) is 4.69. The molecular weight excluding hydrogens is 421 g/mol. The summed E-state index contributed by atoms with van der Waals surface area (Å²) in [7, 11) is 1.67. The number of nitrogens with zero attached hydrogens (tertiary/aromatic N) is 1. The average Bonchev–Trinajstić information content (AvgIpc) is 2.95. The fourth-order valence-corrected chi connectivity index (χ4v) is 4.13. The molecule has 162 valence electrons. The third-order valence-corrected chi connectivity index (χ3v) is 5.77. The number of carbonyl (C=O) groups is 3. The van der Waals surface area contributed by atoms with E-state index in [2.05, 4.69) is 0 Å². The van der Waals surface area contributed by atoms with Crippen LogP contribution in [0, 0.1) is 5.82 Å². The second-order valence-electron chi connectivity index (χ2n) is 7.41. The van der Waals surface area contributed by atoms with Crippen LogP contribution in [0.25, 0.3) is 0 Å². The Balaban J connectivity index is 1.95. The van der Waals surface area contributed by atoms with Crippen LogP contribution in [-0.4, -0.2) is 31.3 Å². The van der Waals surface area contributed by atoms with Crippen molar-refractivity contribution in [2.45, 2.75) is 31.6 Å². The van der Waals surface area contributed by atoms with Gasteiger partial charge in [0.2, 0.25) is 5.91 Å². The number of anilines is 1. The lowest BCUT2D eigenvalue weighted by atomic mass is 9.73. The number of carbonyl (C=O) groups excluding carboxylic acids is 3. The van der Waals surface area contributed by atoms with Gasteiger partial charge in [-0.1, -0.05) is 29.8 Å². The van der Waals surface area contributed by atoms with Gasteiger partial charge in [-0.25, -0.2) is 9.18 Å². The molecule has 0 fully saturated rings. The average molecular weight is 444 g/mol. The molecule has 3 rings (SSSR count). The Kier molecular flexibility index (Phi) is 6.91. The molecule has 1 aliphatic rings. The summed E-state index contributed by atoms with van der Waals surface area (Å²) >= 11 is 6.24. The van der Waals surface area contributed by atoms with Gasteiger partial charge in [-0.15, -0.1) is 0 Å². The van der Waals surface area contributed by atoms with Gasteiger partial charge < -0.3 is 9.64 Å². The number of fused-ring (bicyclic) bond motifs is 1. The minimum Gasteiger partial charge on any atom is -0.463 e. The molecule has 0 aliphatic carbocycles. The minimum absolute atomic E-state index is 0.0948. The normalized spacial score (nSPS) is 18.1. The molecule has 0 N–H and O–H groups in total. The van der Waals surface area contributed by atoms with Crippen molar-refractivity contribution in [1.29, 1.82) is 0 Å². The van der Waals surface area contributed by atoms with E-state index in [4.69, 9.17) is 16.3 Å². The highest BCUT2D eigenvalue weighted by Crippen LogP contribution is 2.47. The van der Waals surface area contributed by atoms with Crippen molar-refractivity contribution in [3.8, 4) is 0 Å². The summed E-state index contributed by atoms with van der Waals surface area (Å²) in [6.45, 7) is 1.92. The first-order valence-electron chi connectivity index (χ1n) is 9.97. The van der Waals surface area contributed by atoms with Gasteiger partial charge in [0.25, 0.3) is 0 Å². The molecule has 0 saturated heterocycles. The van der Waals surface area contributed by atoms with Crippen LogP contribution in [0.2, 0.25) is 0 Å². The molecule has 1 aliphatic heterocycles. The highest BCUT2D eigenvalue weighted by atomic mass is 35.5. The van der Waals surface area contributed by atoms with Gasteiger partial charge in [0.1, 0.15) is 5.82 Å². The van der Waals surface area contributed by atoms with Crippen molar-refractivity contribution < 1.29 is 23.5 Å². The smallest absolute Gasteiger partial charge is 0.331 e. The van der Waals surface area contributed by atoms with E-state index in [9.17, 15) is 18.8 Å². The predicted octanol–water partition coefficient (Wildman–Crippen LogP) is 4.78. The van der Waals surface area contributed by atoms with Gasteiger partial charge in [0.05, 0.1) is 12.0 Å². The molecule has 1 heterocycles. The summed E-state index contributed by atoms with van der Waals surface area (Å²) in [4.78, 5) is 39.7. The molecule has 0 bridgehead atoms. The monoisotopic (exact) mass is 443 g/mol. The van der Waals surface area contributed by atoms with Crippen LogP contribution < -0.4 is 4.90 Å². The number of benzene rings is 2. The zero-order valence-corrected chi connectivity index (χ0v) is 18.1. The van der Waals surface area contributed by atoms with Crippen molar-refractivity contribution in [2.24, 2.45) is 0 Å². The molecule has 0 radical (unpaired) electrons. The molecule has 1 amide bonds. The lowest BCUT2D eigenvalue weighted by Gasteiger charge is -2.28. The Morgan fingerprint density at radius 3 is 2.52 bits per heavy atom. The Morgan fingerprint density at radius 2 is 1.84 bits per heavy atom. The first kappa shape index (κ1) is 22.7. The third-order valence-electron chi connectivity index (χ3n) is 5.48. The number of likely N-dealkylation sites (N-methyl/N-ethyl adjacent to an activating group) is 1. The molecule has 0 spiro atoms. The van der Waals surface area contributed by atoms with Crippen molar-refractivity contribution >= 4 is 34.9 Å². The summed E-state index contributed by atoms with van der Waals surface area (Å²) in [6, 6.07) is 12.6. The number of esters is 1. The van der Waals surface area contributed by atoms with Crippen LogP contribution in [-0.2, 0) is 19.7 Å². The van der Waals surface area contributed by atoms with E-state index >= 15 is 0 Å². The summed E-state index contributed by atoms with van der Waals surface area (Å²) in [5.41, 5.74) is 0.650. The first-order chi connectivity index (χ1) is 14.8. The number of halogens is 2. The number of hydrogen-bond acceptors (Lipinski definition) is 4. The second-order valence-corrected chi connectivity index (χ2v) is 7.90. The number of para-hydroxylation sites is 1. The van der Waals surface area contributed by atoms with Crippen molar-refractivity contribution in [1.82, 2.24) is 0 Å². The van der Waals surface area contributed by atoms with Crippen LogP contribution >= 0.6 is 11.6 Å². The maximum atomic E-state index is 13.4. The Morgan fingerprint density at radius 1 is 1.16 bits per heavy atom. The van der Waals surface area contributed by atoms with E-state index in [1.165, 1.54) is 35.2 Å². The van der Waals surface area contributed by atoms with E-state index in [1.54, 1.807) is 14.0 Å². The Hall–Kier alpha value is -2.99. The predicted molar refractivity (Wildman–Crippen MR) is 117 cm³/mol. The summed E-state index contributed by atoms with van der Waals surface area (Å²) in [5.74, 6) is -1.49. The van der Waals surface area contributed by atoms with E-state index in [1.807, 2.05) is 24.3 Å². The first-order valence-corrected chi connectivity index (χ1v) is 10.4. The van der Waals surface area contributed by atoms with Crippen LogP contribution in [0.5, 0.6) is 0 Å². The van der Waals surface area contributed by atoms with E-state index in [-0.39, 0.29) is 42.6 Å². The van der Waals surface area contributed by atoms with Gasteiger partial charge in [0.15, 0.2) is 5.78 Å². The Labute approximate surface area is 185 Å². The molecule has 1 atom stereocenters. The molecule has 31 heavy (non-hydrogen) atoms. The molecule has 0 aromatic heterocycles. The Bertz CT molecular complexity index is 1030. The fourth-order valence-electron chi connectivity index (χ4n) is 3.95. The van der Waals surface area contributed by atoms with Crippen LogP contribution in [0.1, 0.15) is 42.1 Å². The van der Waals surface area contributed by atoms with Crippen LogP contribution in [0.4, 0.5) is 10.1 Å². The van der Waals surface area contributed by atoms with Crippen molar-refractivity contribution in [3.05, 3.63) is 76.6 Å². The molecule has 0 saturated carbocycles. The molecular formula is C24H23ClFNO4. The van der Waals surface area contributed by atoms with Crippen molar-refractivity contribution in [3.63, 3.8) is 0 Å². The number of amides is 1. The van der Waals surface area contributed by atoms with E-state index in [0.29, 0.717) is 5.56 Å². The SMILES string of the molecule is CCOC(=O)/C=C(/Cl)CCC1(CC(=O)c2ccc(F)cc2)C(=O)N(C)c2ccccc21. The van der Waals surface area contributed by atoms with Gasteiger partial charge in [-0.2, -0.15) is 0 Å². The summed E-state index contributed by atoms with van der Waals surface area (Å²) in [6.07, 6.45) is 1.54. The molecule has 5 nitrogen and oxygen atoms in total. The number of hydrogen-bond donors (Lipinski definition) is 0. The molecule has 2 aromatic rings. The van der Waals surface area contributed by atoms with Gasteiger partial charge in [0, 0.05) is 35.8 Å². The quantitative estimate of drug-likeness (QED) is 0.334. The second kappa shape index (κ2) is 9.43. The van der Waals surface area contributed by atoms with E-state index in [0.717, 1.165) is 11.3 Å². The van der Waals surface area contributed by atoms with Gasteiger partial charge >= 0.3 is 5.97 Å². The molecule has 2 aromatic carbocycles. The number of Topliss-reactive ketones (excluding diaryl/α,β-unsaturated/α-hetero) is 1. The number of ketones is 1. The topological polar surface area (TPSA) is 63.7 Å². The van der Waals surface area contributed by atoms with E-state index < -0.39 is 17.2 Å². The highest BCUT2D eigenvalue weighted by Gasteiger charge is 2.50. The maximum Gasteiger partial charge on any atom is 0.331 e. The maximum absolute atomic E-state index is 13.4. The van der Waals surface area contributed by atoms with Gasteiger partial charge in [-0.05, 0) is 55.7 Å². The largest absolute Gasteiger partial charge is 0.463 e. The highest BCUT2D eigenvalue weighted by molar-refractivity contribution is 6.30. The molecule has 1 unspecified atom stereocenters.